The normalized spacial score (nSPS) is 10.7. The minimum Gasteiger partial charge on any atom is -0.484 e. The summed E-state index contributed by atoms with van der Waals surface area (Å²) in [5, 5.41) is 10.5. The van der Waals surface area contributed by atoms with Gasteiger partial charge in [0.25, 0.3) is 5.89 Å². The number of rotatable bonds is 9. The van der Waals surface area contributed by atoms with Crippen LogP contribution in [0.4, 0.5) is 0 Å². The fourth-order valence-corrected chi connectivity index (χ4v) is 2.63. The SMILES string of the molecule is O=C(CCc1nc(-c2ccccc2)no1)NCc1noc(COc2ccccc2)n1. The second kappa shape index (κ2) is 9.46. The number of nitrogens with one attached hydrogen (secondary N) is 1. The van der Waals surface area contributed by atoms with Crippen molar-refractivity contribution in [3.05, 3.63) is 78.3 Å². The zero-order valence-electron chi connectivity index (χ0n) is 16.0. The first-order chi connectivity index (χ1) is 14.8. The molecule has 9 heteroatoms. The Morgan fingerprint density at radius 3 is 2.43 bits per heavy atom. The van der Waals surface area contributed by atoms with Gasteiger partial charge >= 0.3 is 0 Å². The Hall–Kier alpha value is -4.01. The molecule has 0 saturated carbocycles. The van der Waals surface area contributed by atoms with Crippen LogP contribution in [0.2, 0.25) is 0 Å². The number of benzene rings is 2. The van der Waals surface area contributed by atoms with Crippen molar-refractivity contribution < 1.29 is 18.6 Å². The highest BCUT2D eigenvalue weighted by molar-refractivity contribution is 5.75. The molecule has 152 valence electrons. The highest BCUT2D eigenvalue weighted by atomic mass is 16.5. The van der Waals surface area contributed by atoms with E-state index in [-0.39, 0.29) is 25.5 Å². The number of amides is 1. The molecule has 0 saturated heterocycles. The smallest absolute Gasteiger partial charge is 0.264 e. The molecule has 0 bridgehead atoms. The number of aromatic nitrogens is 4. The van der Waals surface area contributed by atoms with Gasteiger partial charge in [0.05, 0.1) is 6.54 Å². The zero-order valence-corrected chi connectivity index (χ0v) is 16.0. The minimum absolute atomic E-state index is 0.159. The fraction of sp³-hybridized carbons (Fsp3) is 0.190. The van der Waals surface area contributed by atoms with Gasteiger partial charge in [0, 0.05) is 18.4 Å². The summed E-state index contributed by atoms with van der Waals surface area (Å²) in [6, 6.07) is 18.8. The molecular weight excluding hydrogens is 386 g/mol. The molecule has 0 spiro atoms. The third kappa shape index (κ3) is 5.28. The quantitative estimate of drug-likeness (QED) is 0.452. The summed E-state index contributed by atoms with van der Waals surface area (Å²) in [6.45, 7) is 0.318. The number of nitrogens with zero attached hydrogens (tertiary/aromatic N) is 4. The number of ether oxygens (including phenoxy) is 1. The van der Waals surface area contributed by atoms with Gasteiger partial charge in [-0.3, -0.25) is 4.79 Å². The van der Waals surface area contributed by atoms with Gasteiger partial charge in [-0.15, -0.1) is 0 Å². The molecule has 0 fully saturated rings. The predicted molar refractivity (Wildman–Crippen MR) is 105 cm³/mol. The lowest BCUT2D eigenvalue weighted by Gasteiger charge is -2.01. The molecule has 4 rings (SSSR count). The molecule has 0 aliphatic carbocycles. The van der Waals surface area contributed by atoms with Crippen molar-refractivity contribution in [2.45, 2.75) is 26.0 Å². The lowest BCUT2D eigenvalue weighted by Crippen LogP contribution is -2.23. The minimum atomic E-state index is -0.179. The summed E-state index contributed by atoms with van der Waals surface area (Å²) in [5.41, 5.74) is 0.862. The molecule has 0 aliphatic rings. The lowest BCUT2D eigenvalue weighted by molar-refractivity contribution is -0.121. The van der Waals surface area contributed by atoms with E-state index in [0.717, 1.165) is 5.56 Å². The van der Waals surface area contributed by atoms with Gasteiger partial charge in [0.15, 0.2) is 12.4 Å². The van der Waals surface area contributed by atoms with Gasteiger partial charge in [0.2, 0.25) is 17.6 Å². The van der Waals surface area contributed by atoms with Crippen molar-refractivity contribution in [3.8, 4) is 17.1 Å². The lowest BCUT2D eigenvalue weighted by atomic mass is 10.2. The second-order valence-electron chi connectivity index (χ2n) is 6.36. The average molecular weight is 405 g/mol. The fourth-order valence-electron chi connectivity index (χ4n) is 2.63. The van der Waals surface area contributed by atoms with Crippen LogP contribution in [0, 0.1) is 0 Å². The van der Waals surface area contributed by atoms with Crippen molar-refractivity contribution in [3.63, 3.8) is 0 Å². The van der Waals surface area contributed by atoms with Gasteiger partial charge in [-0.05, 0) is 12.1 Å². The van der Waals surface area contributed by atoms with Crippen molar-refractivity contribution >= 4 is 5.91 Å². The molecule has 2 heterocycles. The molecule has 2 aromatic carbocycles. The van der Waals surface area contributed by atoms with E-state index in [9.17, 15) is 4.79 Å². The number of hydrogen-bond acceptors (Lipinski definition) is 8. The summed E-state index contributed by atoms with van der Waals surface area (Å²) < 4.78 is 15.9. The third-order valence-corrected chi connectivity index (χ3v) is 4.13. The highest BCUT2D eigenvalue weighted by Gasteiger charge is 2.12. The Kier molecular flexibility index (Phi) is 6.09. The molecule has 4 aromatic rings. The largest absolute Gasteiger partial charge is 0.484 e. The van der Waals surface area contributed by atoms with Crippen LogP contribution in [0.3, 0.4) is 0 Å². The summed E-state index contributed by atoms with van der Waals surface area (Å²) in [7, 11) is 0. The Balaban J connectivity index is 1.20. The van der Waals surface area contributed by atoms with E-state index >= 15 is 0 Å². The zero-order chi connectivity index (χ0) is 20.6. The van der Waals surface area contributed by atoms with Crippen LogP contribution in [0.25, 0.3) is 11.4 Å². The molecule has 2 aromatic heterocycles. The number of carbonyl (C=O) groups is 1. The average Bonchev–Trinajstić information content (AvgIpc) is 3.46. The van der Waals surface area contributed by atoms with E-state index < -0.39 is 0 Å². The van der Waals surface area contributed by atoms with E-state index in [0.29, 0.717) is 35.6 Å². The number of aryl methyl sites for hydroxylation is 1. The Labute approximate surface area is 172 Å². The van der Waals surface area contributed by atoms with Crippen LogP contribution in [-0.4, -0.2) is 26.2 Å². The van der Waals surface area contributed by atoms with E-state index in [1.807, 2.05) is 60.7 Å². The molecule has 1 N–H and O–H groups in total. The Morgan fingerprint density at radius 2 is 1.63 bits per heavy atom. The molecule has 0 radical (unpaired) electrons. The summed E-state index contributed by atoms with van der Waals surface area (Å²) >= 11 is 0. The molecule has 30 heavy (non-hydrogen) atoms. The summed E-state index contributed by atoms with van der Waals surface area (Å²) in [5.74, 6) is 2.15. The summed E-state index contributed by atoms with van der Waals surface area (Å²) in [6.07, 6.45) is 0.548. The highest BCUT2D eigenvalue weighted by Crippen LogP contribution is 2.15. The van der Waals surface area contributed by atoms with Crippen LogP contribution < -0.4 is 10.1 Å². The van der Waals surface area contributed by atoms with Gasteiger partial charge in [-0.25, -0.2) is 0 Å². The van der Waals surface area contributed by atoms with Crippen LogP contribution in [0.15, 0.2) is 69.7 Å². The Morgan fingerprint density at radius 1 is 0.900 bits per heavy atom. The maximum absolute atomic E-state index is 12.1. The Bertz CT molecular complexity index is 1080. The predicted octanol–water partition coefficient (Wildman–Crippen LogP) is 2.95. The van der Waals surface area contributed by atoms with E-state index in [4.69, 9.17) is 13.8 Å². The maximum Gasteiger partial charge on any atom is 0.264 e. The van der Waals surface area contributed by atoms with Crippen molar-refractivity contribution in [1.82, 2.24) is 25.6 Å². The van der Waals surface area contributed by atoms with Gasteiger partial charge in [-0.2, -0.15) is 9.97 Å². The number of carbonyl (C=O) groups excluding carboxylic acids is 1. The molecule has 0 unspecified atom stereocenters. The van der Waals surface area contributed by atoms with Crippen molar-refractivity contribution in [1.29, 1.82) is 0 Å². The molecule has 0 atom stereocenters. The maximum atomic E-state index is 12.1. The standard InChI is InChI=1S/C21H19N5O4/c27-18(11-12-19-24-21(26-29-19)15-7-3-1-4-8-15)22-13-17-23-20(30-25-17)14-28-16-9-5-2-6-10-16/h1-10H,11-14H2,(H,22,27). The number of para-hydroxylation sites is 1. The van der Waals surface area contributed by atoms with Crippen LogP contribution >= 0.6 is 0 Å². The third-order valence-electron chi connectivity index (χ3n) is 4.13. The molecule has 1 amide bonds. The van der Waals surface area contributed by atoms with E-state index in [1.165, 1.54) is 0 Å². The summed E-state index contributed by atoms with van der Waals surface area (Å²) in [4.78, 5) is 20.6. The van der Waals surface area contributed by atoms with Gasteiger partial charge < -0.3 is 19.1 Å². The molecule has 9 nitrogen and oxygen atoms in total. The van der Waals surface area contributed by atoms with Gasteiger partial charge in [-0.1, -0.05) is 58.8 Å². The van der Waals surface area contributed by atoms with E-state index in [2.05, 4.69) is 25.6 Å². The van der Waals surface area contributed by atoms with Crippen molar-refractivity contribution in [2.24, 2.45) is 0 Å². The van der Waals surface area contributed by atoms with Crippen LogP contribution in [0.1, 0.15) is 24.0 Å². The second-order valence-corrected chi connectivity index (χ2v) is 6.36. The number of hydrogen-bond donors (Lipinski definition) is 1. The first-order valence-electron chi connectivity index (χ1n) is 9.40. The van der Waals surface area contributed by atoms with E-state index in [1.54, 1.807) is 0 Å². The molecular formula is C21H19N5O4. The first kappa shape index (κ1) is 19.3. The van der Waals surface area contributed by atoms with Crippen LogP contribution in [0.5, 0.6) is 5.75 Å². The first-order valence-corrected chi connectivity index (χ1v) is 9.40. The van der Waals surface area contributed by atoms with Gasteiger partial charge in [0.1, 0.15) is 5.75 Å². The van der Waals surface area contributed by atoms with Crippen molar-refractivity contribution in [2.75, 3.05) is 0 Å². The van der Waals surface area contributed by atoms with Crippen LogP contribution in [-0.2, 0) is 24.4 Å². The molecule has 0 aliphatic heterocycles. The topological polar surface area (TPSA) is 116 Å². The monoisotopic (exact) mass is 405 g/mol.